The summed E-state index contributed by atoms with van der Waals surface area (Å²) in [7, 11) is 0. The highest BCUT2D eigenvalue weighted by atomic mass is 16.6. The summed E-state index contributed by atoms with van der Waals surface area (Å²) in [6.45, 7) is 6.94. The maximum absolute atomic E-state index is 13.1. The number of nitro groups is 1. The molecule has 3 rings (SSSR count). The molecule has 1 fully saturated rings. The summed E-state index contributed by atoms with van der Waals surface area (Å²) in [5.74, 6) is -0.322. The van der Waals surface area contributed by atoms with Crippen LogP contribution in [0.4, 0.5) is 5.69 Å². The zero-order valence-corrected chi connectivity index (χ0v) is 18.6. The first-order valence-electron chi connectivity index (χ1n) is 10.8. The number of fused-ring (bicyclic) bond motifs is 1. The van der Waals surface area contributed by atoms with Crippen molar-refractivity contribution in [2.45, 2.75) is 58.8 Å². The Morgan fingerprint density at radius 2 is 2.12 bits per heavy atom. The number of rotatable bonds is 10. The van der Waals surface area contributed by atoms with Gasteiger partial charge in [0.2, 0.25) is 0 Å². The van der Waals surface area contributed by atoms with E-state index in [1.54, 1.807) is 19.1 Å². The van der Waals surface area contributed by atoms with E-state index in [2.05, 4.69) is 23.9 Å². The van der Waals surface area contributed by atoms with E-state index >= 15 is 0 Å². The second-order valence-electron chi connectivity index (χ2n) is 9.10. The molecule has 0 bridgehead atoms. The molecular formula is C22H29N5O5. The summed E-state index contributed by atoms with van der Waals surface area (Å²) in [4.78, 5) is 28.3. The number of aliphatic hydroxyl groups is 1. The van der Waals surface area contributed by atoms with Crippen LogP contribution in [0.2, 0.25) is 0 Å². The minimum Gasteiger partial charge on any atom is -0.456 e. The lowest BCUT2D eigenvalue weighted by atomic mass is 9.76. The van der Waals surface area contributed by atoms with E-state index in [0.29, 0.717) is 37.2 Å². The van der Waals surface area contributed by atoms with Crippen molar-refractivity contribution < 1.29 is 19.6 Å². The van der Waals surface area contributed by atoms with Gasteiger partial charge in [-0.1, -0.05) is 19.0 Å². The number of azide groups is 1. The highest BCUT2D eigenvalue weighted by Crippen LogP contribution is 2.49. The fourth-order valence-corrected chi connectivity index (χ4v) is 4.60. The average molecular weight is 444 g/mol. The molecule has 0 radical (unpaired) electrons. The van der Waals surface area contributed by atoms with Crippen molar-refractivity contribution in [1.82, 2.24) is 4.90 Å². The number of hydrogen-bond donors (Lipinski definition) is 1. The van der Waals surface area contributed by atoms with E-state index in [9.17, 15) is 20.0 Å². The van der Waals surface area contributed by atoms with Crippen LogP contribution in [0.15, 0.2) is 40.6 Å². The lowest BCUT2D eigenvalue weighted by Crippen LogP contribution is -2.57. The third-order valence-corrected chi connectivity index (χ3v) is 6.56. The van der Waals surface area contributed by atoms with Crippen molar-refractivity contribution in [1.29, 1.82) is 0 Å². The summed E-state index contributed by atoms with van der Waals surface area (Å²) in [6, 6.07) is 5.99. The molecule has 3 atom stereocenters. The lowest BCUT2D eigenvalue weighted by Gasteiger charge is -2.47. The predicted octanol–water partition coefficient (Wildman–Crippen LogP) is 4.09. The van der Waals surface area contributed by atoms with Gasteiger partial charge in [0.25, 0.3) is 5.69 Å². The SMILES string of the molecule is C[C@@H](O)[C@@H]1CN2C(C(=O)OCc3ccc([N+](=O)[O-])cc3)=C(C(C)(C)CCCN=[N+]=[N-])C[C@H]12. The van der Waals surface area contributed by atoms with Gasteiger partial charge < -0.3 is 14.7 Å². The first kappa shape index (κ1) is 23.6. The van der Waals surface area contributed by atoms with Crippen LogP contribution >= 0.6 is 0 Å². The van der Waals surface area contributed by atoms with E-state index in [4.69, 9.17) is 10.3 Å². The number of aliphatic hydroxyl groups excluding tert-OH is 1. The second-order valence-corrected chi connectivity index (χ2v) is 9.10. The van der Waals surface area contributed by atoms with Crippen LogP contribution in [0.25, 0.3) is 10.4 Å². The largest absolute Gasteiger partial charge is 0.456 e. The van der Waals surface area contributed by atoms with E-state index in [-0.39, 0.29) is 29.7 Å². The third-order valence-electron chi connectivity index (χ3n) is 6.56. The molecule has 172 valence electrons. The number of hydrogen-bond acceptors (Lipinski definition) is 7. The number of nitro benzene ring substituents is 1. The molecule has 0 saturated carbocycles. The molecule has 1 saturated heterocycles. The van der Waals surface area contributed by atoms with Gasteiger partial charge in [-0.3, -0.25) is 10.1 Å². The Morgan fingerprint density at radius 1 is 1.44 bits per heavy atom. The first-order chi connectivity index (χ1) is 15.2. The minimum absolute atomic E-state index is 0.0171. The summed E-state index contributed by atoms with van der Waals surface area (Å²) in [5.41, 5.74) is 10.4. The van der Waals surface area contributed by atoms with E-state index in [0.717, 1.165) is 12.0 Å². The topological polar surface area (TPSA) is 142 Å². The van der Waals surface area contributed by atoms with E-state index in [1.165, 1.54) is 12.1 Å². The van der Waals surface area contributed by atoms with Crippen LogP contribution < -0.4 is 0 Å². The molecule has 0 amide bonds. The molecule has 10 nitrogen and oxygen atoms in total. The van der Waals surface area contributed by atoms with Crippen LogP contribution in [0.3, 0.4) is 0 Å². The summed E-state index contributed by atoms with van der Waals surface area (Å²) < 4.78 is 5.59. The van der Waals surface area contributed by atoms with Gasteiger partial charge in [-0.15, -0.1) is 0 Å². The quantitative estimate of drug-likeness (QED) is 0.110. The highest BCUT2D eigenvalue weighted by molar-refractivity contribution is 5.90. The van der Waals surface area contributed by atoms with Crippen molar-refractivity contribution >= 4 is 11.7 Å². The van der Waals surface area contributed by atoms with Crippen LogP contribution in [-0.2, 0) is 16.1 Å². The number of non-ortho nitro benzene ring substituents is 1. The monoisotopic (exact) mass is 443 g/mol. The molecule has 1 aromatic carbocycles. The smallest absolute Gasteiger partial charge is 0.354 e. The normalized spacial score (nSPS) is 20.8. The maximum Gasteiger partial charge on any atom is 0.354 e. The third kappa shape index (κ3) is 4.87. The van der Waals surface area contributed by atoms with E-state index in [1.807, 2.05) is 4.90 Å². The predicted molar refractivity (Wildman–Crippen MR) is 117 cm³/mol. The molecule has 0 spiro atoms. The molecule has 2 aliphatic rings. The molecule has 1 N–H and O–H groups in total. The Bertz CT molecular complexity index is 950. The Kier molecular flexibility index (Phi) is 7.06. The lowest BCUT2D eigenvalue weighted by molar-refractivity contribution is -0.384. The molecule has 2 heterocycles. The van der Waals surface area contributed by atoms with Crippen molar-refractivity contribution in [3.05, 3.63) is 61.7 Å². The van der Waals surface area contributed by atoms with Crippen molar-refractivity contribution in [2.75, 3.05) is 13.1 Å². The van der Waals surface area contributed by atoms with E-state index < -0.39 is 17.0 Å². The highest BCUT2D eigenvalue weighted by Gasteiger charge is 2.52. The fraction of sp³-hybridized carbons (Fsp3) is 0.591. The fourth-order valence-electron chi connectivity index (χ4n) is 4.60. The molecule has 1 aromatic rings. The zero-order valence-electron chi connectivity index (χ0n) is 18.6. The maximum atomic E-state index is 13.1. The van der Waals surface area contributed by atoms with Crippen LogP contribution in [0, 0.1) is 21.4 Å². The van der Waals surface area contributed by atoms with Gasteiger partial charge in [0.15, 0.2) is 0 Å². The Balaban J connectivity index is 1.76. The molecule has 0 aliphatic carbocycles. The van der Waals surface area contributed by atoms with Crippen molar-refractivity contribution in [3.63, 3.8) is 0 Å². The summed E-state index contributed by atoms with van der Waals surface area (Å²) in [6.07, 6.45) is 1.68. The number of ether oxygens (including phenoxy) is 1. The van der Waals surface area contributed by atoms with Gasteiger partial charge in [0, 0.05) is 42.1 Å². The molecule has 10 heteroatoms. The van der Waals surface area contributed by atoms with Gasteiger partial charge in [0.1, 0.15) is 12.3 Å². The van der Waals surface area contributed by atoms with Gasteiger partial charge >= 0.3 is 5.97 Å². The van der Waals surface area contributed by atoms with Crippen LogP contribution in [-0.4, -0.2) is 46.1 Å². The molecule has 2 aliphatic heterocycles. The molecule has 32 heavy (non-hydrogen) atoms. The minimum atomic E-state index is -0.474. The van der Waals surface area contributed by atoms with Gasteiger partial charge in [-0.05, 0) is 60.4 Å². The van der Waals surface area contributed by atoms with Crippen molar-refractivity contribution in [2.24, 2.45) is 16.4 Å². The second kappa shape index (κ2) is 9.58. The van der Waals surface area contributed by atoms with Gasteiger partial charge in [-0.2, -0.15) is 0 Å². The van der Waals surface area contributed by atoms with Gasteiger partial charge in [0.05, 0.1) is 11.0 Å². The Labute approximate surface area is 186 Å². The average Bonchev–Trinajstić information content (AvgIpc) is 3.02. The first-order valence-corrected chi connectivity index (χ1v) is 10.8. The van der Waals surface area contributed by atoms with Crippen LogP contribution in [0.5, 0.6) is 0 Å². The number of esters is 1. The molecular weight excluding hydrogens is 414 g/mol. The molecule has 0 unspecified atom stereocenters. The Morgan fingerprint density at radius 3 is 2.72 bits per heavy atom. The van der Waals surface area contributed by atoms with Crippen LogP contribution in [0.1, 0.15) is 45.6 Å². The number of carbonyl (C=O) groups excluding carboxylic acids is 1. The van der Waals surface area contributed by atoms with Gasteiger partial charge in [-0.25, -0.2) is 4.79 Å². The van der Waals surface area contributed by atoms with Crippen molar-refractivity contribution in [3.8, 4) is 0 Å². The number of benzene rings is 1. The Hall–Kier alpha value is -3.10. The number of nitrogens with zero attached hydrogens (tertiary/aromatic N) is 5. The summed E-state index contributed by atoms with van der Waals surface area (Å²) >= 11 is 0. The summed E-state index contributed by atoms with van der Waals surface area (Å²) in [5, 5.41) is 24.5. The zero-order chi connectivity index (χ0) is 23.5. The molecule has 0 aromatic heterocycles. The number of carbonyl (C=O) groups is 1. The standard InChI is InChI=1S/C22H29N5O5/c1-14(28)17-12-26-19(17)11-18(22(2,3)9-4-10-24-25-23)20(26)21(29)32-13-15-5-7-16(8-6-15)27(30)31/h5-8,14,17,19,28H,4,9-13H2,1-3H3/t14-,17+,19-/m1/s1.